The Balaban J connectivity index is 2.41. The van der Waals surface area contributed by atoms with Crippen LogP contribution in [0.4, 0.5) is 0 Å². The molecule has 0 radical (unpaired) electrons. The number of aliphatic hydroxyl groups is 1. The van der Waals surface area contributed by atoms with Gasteiger partial charge < -0.3 is 51.3 Å². The number of hydrogen-bond donors (Lipinski definition) is 3. The lowest BCUT2D eigenvalue weighted by molar-refractivity contribution is -0.149. The molecule has 0 bridgehead atoms. The quantitative estimate of drug-likeness (QED) is 0.0850. The van der Waals surface area contributed by atoms with E-state index in [1.165, 1.54) is 0 Å². The van der Waals surface area contributed by atoms with Gasteiger partial charge in [-0.05, 0) is 72.9 Å². The number of nitrogens with one attached hydrogen (secondary N) is 2. The van der Waals surface area contributed by atoms with Crippen LogP contribution in [-0.2, 0) is 33.5 Å². The number of nitrogens with zero attached hydrogens (tertiary/aromatic N) is 4. The van der Waals surface area contributed by atoms with Crippen molar-refractivity contribution in [2.24, 2.45) is 0 Å². The summed E-state index contributed by atoms with van der Waals surface area (Å²) in [6.45, 7) is 3.77. The number of amides is 5. The van der Waals surface area contributed by atoms with E-state index in [4.69, 9.17) is 9.84 Å². The molecule has 1 fully saturated rings. The first-order chi connectivity index (χ1) is 22.6. The number of rotatable bonds is 21. The van der Waals surface area contributed by atoms with Crippen LogP contribution in [0.5, 0.6) is 0 Å². The summed E-state index contributed by atoms with van der Waals surface area (Å²) in [5.41, 5.74) is 1.06. The number of likely N-dealkylation sites (N-methyl/N-ethyl adjacent to an activating group) is 1. The van der Waals surface area contributed by atoms with Gasteiger partial charge in [0, 0.05) is 51.7 Å². The summed E-state index contributed by atoms with van der Waals surface area (Å²) in [5.74, 6) is -3.64. The van der Waals surface area contributed by atoms with Crippen LogP contribution in [0.3, 0.4) is 0 Å². The Hall–Kier alpha value is -3.90. The van der Waals surface area contributed by atoms with Crippen LogP contribution in [0.25, 0.3) is 0 Å². The van der Waals surface area contributed by atoms with Gasteiger partial charge in [0.1, 0.15) is 18.1 Å². The molecule has 0 saturated carbocycles. The Bertz CT molecular complexity index is 1180. The van der Waals surface area contributed by atoms with E-state index in [9.17, 15) is 44.4 Å². The number of carbonyl (C=O) groups excluding carboxylic acids is 6. The summed E-state index contributed by atoms with van der Waals surface area (Å²) in [7, 11) is 3.37. The first-order valence-corrected chi connectivity index (χ1v) is 15.9. The van der Waals surface area contributed by atoms with Crippen LogP contribution in [-0.4, -0.2) is 126 Å². The van der Waals surface area contributed by atoms with E-state index in [0.29, 0.717) is 29.1 Å². The molecule has 17 nitrogen and oxygen atoms in total. The minimum atomic E-state index is -0.902. The molecular formula is C31H49N6O11-3. The molecular weight excluding hydrogens is 632 g/mol. The van der Waals surface area contributed by atoms with Gasteiger partial charge in [0.2, 0.25) is 29.5 Å². The van der Waals surface area contributed by atoms with Gasteiger partial charge in [-0.15, -0.1) is 0 Å². The summed E-state index contributed by atoms with van der Waals surface area (Å²) in [5, 5.41) is 50.6. The molecule has 0 aromatic carbocycles. The maximum atomic E-state index is 12.5. The SMILES string of the molecule is CC(=O)N([O-])CCCC(C(=O)OCC/C(C)=C\C(=O)N([O-])CCCC1NC(=O)C(CCCN([O-])C(=O)/C=C(/C)CCO)NC1=O)N(C)C. The topological polar surface area (TPSA) is 238 Å². The first-order valence-electron chi connectivity index (χ1n) is 15.9. The molecule has 48 heavy (non-hydrogen) atoms. The lowest BCUT2D eigenvalue weighted by Gasteiger charge is -2.32. The minimum absolute atomic E-state index is 0.0350. The van der Waals surface area contributed by atoms with Crippen molar-refractivity contribution in [1.29, 1.82) is 0 Å². The lowest BCUT2D eigenvalue weighted by Crippen LogP contribution is -2.61. The highest BCUT2D eigenvalue weighted by molar-refractivity contribution is 5.97. The van der Waals surface area contributed by atoms with Crippen molar-refractivity contribution in [2.45, 2.75) is 90.3 Å². The molecule has 272 valence electrons. The maximum Gasteiger partial charge on any atom is 0.323 e. The van der Waals surface area contributed by atoms with Crippen molar-refractivity contribution in [3.8, 4) is 0 Å². The second-order valence-electron chi connectivity index (χ2n) is 11.9. The van der Waals surface area contributed by atoms with Gasteiger partial charge >= 0.3 is 5.97 Å². The lowest BCUT2D eigenvalue weighted by atomic mass is 10.0. The maximum absolute atomic E-state index is 12.5. The zero-order valence-electron chi connectivity index (χ0n) is 28.4. The van der Waals surface area contributed by atoms with Crippen molar-refractivity contribution < 1.29 is 38.6 Å². The highest BCUT2D eigenvalue weighted by atomic mass is 16.5. The monoisotopic (exact) mass is 681 g/mol. The highest BCUT2D eigenvalue weighted by Gasteiger charge is 2.32. The van der Waals surface area contributed by atoms with Crippen molar-refractivity contribution in [2.75, 3.05) is 46.9 Å². The van der Waals surface area contributed by atoms with Crippen molar-refractivity contribution in [3.63, 3.8) is 0 Å². The molecule has 1 aliphatic rings. The minimum Gasteiger partial charge on any atom is -0.756 e. The van der Waals surface area contributed by atoms with E-state index >= 15 is 0 Å². The van der Waals surface area contributed by atoms with Gasteiger partial charge in [0.15, 0.2) is 0 Å². The number of carbonyl (C=O) groups is 6. The Morgan fingerprint density at radius 1 is 0.792 bits per heavy atom. The van der Waals surface area contributed by atoms with Gasteiger partial charge in [-0.25, -0.2) is 0 Å². The molecule has 1 rings (SSSR count). The van der Waals surface area contributed by atoms with E-state index in [-0.39, 0.29) is 81.5 Å². The van der Waals surface area contributed by atoms with Gasteiger partial charge in [-0.1, -0.05) is 11.1 Å². The standard InChI is InChI=1S/C31H49N6O11/c1-21(12-17-38)19-27(40)36(46)15-6-9-24-29(42)33-25(30(43)32-24)10-7-16-37(47)28(41)20-22(2)13-18-48-31(44)26(34(4)5)11-8-14-35(45)23(3)39/h19-20,24-26,38H,6-18H2,1-5H3,(H,32,43)(H,33,42)/q-3/b21-19-,22-20-. The zero-order chi connectivity index (χ0) is 36.4. The van der Waals surface area contributed by atoms with E-state index in [0.717, 1.165) is 19.1 Å². The third-order valence-electron chi connectivity index (χ3n) is 7.54. The summed E-state index contributed by atoms with van der Waals surface area (Å²) in [6, 6.07) is -2.41. The van der Waals surface area contributed by atoms with Gasteiger partial charge in [0.05, 0.1) is 6.61 Å². The van der Waals surface area contributed by atoms with Crippen LogP contribution < -0.4 is 10.6 Å². The number of hydroxylamine groups is 6. The molecule has 3 atom stereocenters. The third-order valence-corrected chi connectivity index (χ3v) is 7.54. The molecule has 5 amide bonds. The van der Waals surface area contributed by atoms with Gasteiger partial charge in [-0.2, -0.15) is 0 Å². The molecule has 3 N–H and O–H groups in total. The third kappa shape index (κ3) is 15.8. The first kappa shape index (κ1) is 42.1. The predicted octanol–water partition coefficient (Wildman–Crippen LogP) is 0.448. The highest BCUT2D eigenvalue weighted by Crippen LogP contribution is 2.12. The van der Waals surface area contributed by atoms with E-state index in [2.05, 4.69) is 10.6 Å². The predicted molar refractivity (Wildman–Crippen MR) is 175 cm³/mol. The van der Waals surface area contributed by atoms with Crippen LogP contribution >= 0.6 is 0 Å². The molecule has 1 aliphatic heterocycles. The summed E-state index contributed by atoms with van der Waals surface area (Å²) in [6.07, 6.45) is 3.89. The molecule has 0 spiro atoms. The molecule has 17 heteroatoms. The number of hydrogen-bond acceptors (Lipinski definition) is 12. The number of ether oxygens (including phenoxy) is 1. The van der Waals surface area contributed by atoms with Crippen molar-refractivity contribution >= 4 is 35.5 Å². The Labute approximate surface area is 281 Å². The number of aliphatic hydroxyl groups excluding tert-OH is 1. The average molecular weight is 682 g/mol. The van der Waals surface area contributed by atoms with E-state index in [1.807, 2.05) is 0 Å². The average Bonchev–Trinajstić information content (AvgIpc) is 3.00. The van der Waals surface area contributed by atoms with Crippen LogP contribution in [0.1, 0.15) is 72.1 Å². The Kier molecular flexibility index (Phi) is 19.2. The fourth-order valence-corrected chi connectivity index (χ4v) is 4.65. The normalized spacial score (nSPS) is 17.4. The molecule has 1 heterocycles. The molecule has 0 aliphatic carbocycles. The number of piperazine rings is 1. The Morgan fingerprint density at radius 3 is 1.69 bits per heavy atom. The smallest absolute Gasteiger partial charge is 0.323 e. The molecule has 0 aromatic heterocycles. The summed E-state index contributed by atoms with van der Waals surface area (Å²) < 4.78 is 5.31. The van der Waals surface area contributed by atoms with Crippen molar-refractivity contribution in [1.82, 2.24) is 30.7 Å². The second kappa shape index (κ2) is 21.9. The van der Waals surface area contributed by atoms with Crippen LogP contribution in [0.15, 0.2) is 23.3 Å². The molecule has 1 saturated heterocycles. The zero-order valence-corrected chi connectivity index (χ0v) is 28.4. The second-order valence-corrected chi connectivity index (χ2v) is 11.9. The van der Waals surface area contributed by atoms with Crippen LogP contribution in [0.2, 0.25) is 0 Å². The fourth-order valence-electron chi connectivity index (χ4n) is 4.65. The van der Waals surface area contributed by atoms with Gasteiger partial charge in [-0.3, -0.25) is 33.7 Å². The molecule has 3 unspecified atom stereocenters. The fraction of sp³-hybridized carbons (Fsp3) is 0.677. The van der Waals surface area contributed by atoms with Gasteiger partial charge in [0.25, 0.3) is 0 Å². The van der Waals surface area contributed by atoms with E-state index in [1.54, 1.807) is 32.8 Å². The molecule has 0 aromatic rings. The summed E-state index contributed by atoms with van der Waals surface area (Å²) in [4.78, 5) is 74.4. The summed E-state index contributed by atoms with van der Waals surface area (Å²) >= 11 is 0. The van der Waals surface area contributed by atoms with Crippen LogP contribution in [0, 0.1) is 15.6 Å². The number of esters is 1. The van der Waals surface area contributed by atoms with Crippen molar-refractivity contribution in [3.05, 3.63) is 38.9 Å². The van der Waals surface area contributed by atoms with E-state index < -0.39 is 53.6 Å². The Morgan fingerprint density at radius 2 is 1.25 bits per heavy atom. The largest absolute Gasteiger partial charge is 0.756 e.